The lowest BCUT2D eigenvalue weighted by atomic mass is 10.1. The number of aryl methyl sites for hydroxylation is 1. The van der Waals surface area contributed by atoms with Gasteiger partial charge in [-0.15, -0.1) is 0 Å². The minimum Gasteiger partial charge on any atom is -0.352 e. The summed E-state index contributed by atoms with van der Waals surface area (Å²) in [6.07, 6.45) is -0.802. The molecule has 1 atom stereocenters. The molecule has 11 heteroatoms. The van der Waals surface area contributed by atoms with Gasteiger partial charge in [0.15, 0.2) is 0 Å². The Kier molecular flexibility index (Phi) is 10.2. The average Bonchev–Trinajstić information content (AvgIpc) is 3.49. The molecule has 7 nitrogen and oxygen atoms in total. The van der Waals surface area contributed by atoms with Gasteiger partial charge in [0.1, 0.15) is 12.6 Å². The first kappa shape index (κ1) is 32.1. The van der Waals surface area contributed by atoms with Crippen molar-refractivity contribution in [2.24, 2.45) is 0 Å². The fraction of sp³-hybridized carbons (Fsp3) is 0.375. The number of nitrogens with zero attached hydrogens (tertiary/aromatic N) is 2. The summed E-state index contributed by atoms with van der Waals surface area (Å²) in [7, 11) is -4.48. The number of anilines is 1. The maximum Gasteiger partial charge on any atom is 0.416 e. The van der Waals surface area contributed by atoms with E-state index < -0.39 is 40.3 Å². The quantitative estimate of drug-likeness (QED) is 0.284. The minimum absolute atomic E-state index is 0.00191. The van der Waals surface area contributed by atoms with Crippen LogP contribution in [0.25, 0.3) is 0 Å². The number of carbonyl (C=O) groups is 2. The lowest BCUT2D eigenvalue weighted by Gasteiger charge is -2.34. The third-order valence-electron chi connectivity index (χ3n) is 7.63. The first-order valence-corrected chi connectivity index (χ1v) is 15.7. The fourth-order valence-electron chi connectivity index (χ4n) is 5.26. The van der Waals surface area contributed by atoms with E-state index in [9.17, 15) is 31.2 Å². The SMILES string of the molecule is CC[C@H](C(=O)NC1CCCC1)N(Cc1ccc(C)cc1)C(=O)CN(c1cccc(C(F)(F)F)c1)S(=O)(=O)c1ccccc1. The van der Waals surface area contributed by atoms with Crippen LogP contribution in [0.1, 0.15) is 55.7 Å². The molecular formula is C32H36F3N3O4S. The fourth-order valence-corrected chi connectivity index (χ4v) is 6.69. The van der Waals surface area contributed by atoms with Gasteiger partial charge >= 0.3 is 6.18 Å². The average molecular weight is 616 g/mol. The number of benzene rings is 3. The largest absolute Gasteiger partial charge is 0.416 e. The molecule has 0 spiro atoms. The van der Waals surface area contributed by atoms with Crippen molar-refractivity contribution in [3.05, 3.63) is 95.6 Å². The monoisotopic (exact) mass is 615 g/mol. The number of alkyl halides is 3. The Morgan fingerprint density at radius 1 is 0.953 bits per heavy atom. The zero-order chi connectivity index (χ0) is 31.2. The van der Waals surface area contributed by atoms with E-state index in [0.717, 1.165) is 48.9 Å². The molecule has 3 aromatic carbocycles. The lowest BCUT2D eigenvalue weighted by Crippen LogP contribution is -2.53. The van der Waals surface area contributed by atoms with Crippen LogP contribution < -0.4 is 9.62 Å². The van der Waals surface area contributed by atoms with Crippen molar-refractivity contribution < 1.29 is 31.2 Å². The van der Waals surface area contributed by atoms with Crippen LogP contribution >= 0.6 is 0 Å². The van der Waals surface area contributed by atoms with Gasteiger partial charge in [-0.2, -0.15) is 13.2 Å². The van der Waals surface area contributed by atoms with Crippen LogP contribution in [0, 0.1) is 6.92 Å². The summed E-state index contributed by atoms with van der Waals surface area (Å²) in [6.45, 7) is 2.88. The van der Waals surface area contributed by atoms with Crippen molar-refractivity contribution in [2.75, 3.05) is 10.8 Å². The molecule has 1 saturated carbocycles. The van der Waals surface area contributed by atoms with Gasteiger partial charge in [-0.25, -0.2) is 8.42 Å². The molecule has 230 valence electrons. The van der Waals surface area contributed by atoms with Crippen LogP contribution in [-0.4, -0.2) is 43.8 Å². The summed E-state index contributed by atoms with van der Waals surface area (Å²) < 4.78 is 69.3. The number of halogens is 3. The second-order valence-electron chi connectivity index (χ2n) is 10.8. The zero-order valence-corrected chi connectivity index (χ0v) is 25.0. The molecule has 0 radical (unpaired) electrons. The molecule has 0 bridgehead atoms. The summed E-state index contributed by atoms with van der Waals surface area (Å²) in [6, 6.07) is 17.5. The van der Waals surface area contributed by atoms with Crippen molar-refractivity contribution in [2.45, 2.75) is 75.7 Å². The van der Waals surface area contributed by atoms with E-state index in [0.29, 0.717) is 10.4 Å². The number of amides is 2. The number of hydrogen-bond donors (Lipinski definition) is 1. The van der Waals surface area contributed by atoms with E-state index in [4.69, 9.17) is 0 Å². The normalized spacial score (nSPS) is 14.7. The number of carbonyl (C=O) groups excluding carboxylic acids is 2. The number of rotatable bonds is 11. The van der Waals surface area contributed by atoms with E-state index in [-0.39, 0.29) is 35.5 Å². The molecule has 0 aromatic heterocycles. The summed E-state index contributed by atoms with van der Waals surface area (Å²) in [5.74, 6) is -1.06. The van der Waals surface area contributed by atoms with Crippen LogP contribution in [0.2, 0.25) is 0 Å². The smallest absolute Gasteiger partial charge is 0.352 e. The van der Waals surface area contributed by atoms with E-state index in [1.165, 1.54) is 35.2 Å². The molecule has 43 heavy (non-hydrogen) atoms. The van der Waals surface area contributed by atoms with Crippen molar-refractivity contribution in [3.63, 3.8) is 0 Å². The third-order valence-corrected chi connectivity index (χ3v) is 9.42. The Morgan fingerprint density at radius 2 is 1.60 bits per heavy atom. The van der Waals surface area contributed by atoms with Gasteiger partial charge in [-0.1, -0.05) is 73.9 Å². The van der Waals surface area contributed by atoms with Crippen molar-refractivity contribution in [1.82, 2.24) is 10.2 Å². The predicted molar refractivity (Wildman–Crippen MR) is 159 cm³/mol. The molecule has 4 rings (SSSR count). The van der Waals surface area contributed by atoms with Crippen LogP contribution in [0.5, 0.6) is 0 Å². The second-order valence-corrected chi connectivity index (χ2v) is 12.7. The Morgan fingerprint density at radius 3 is 2.21 bits per heavy atom. The van der Waals surface area contributed by atoms with Gasteiger partial charge in [0.2, 0.25) is 11.8 Å². The highest BCUT2D eigenvalue weighted by molar-refractivity contribution is 7.92. The van der Waals surface area contributed by atoms with Gasteiger partial charge in [-0.05, 0) is 62.1 Å². The summed E-state index contributed by atoms with van der Waals surface area (Å²) in [4.78, 5) is 28.8. The third kappa shape index (κ3) is 7.95. The summed E-state index contributed by atoms with van der Waals surface area (Å²) >= 11 is 0. The zero-order valence-electron chi connectivity index (χ0n) is 24.2. The Hall–Kier alpha value is -3.86. The topological polar surface area (TPSA) is 86.8 Å². The van der Waals surface area contributed by atoms with Crippen molar-refractivity contribution in [3.8, 4) is 0 Å². The highest BCUT2D eigenvalue weighted by Gasteiger charge is 2.36. The molecule has 2 amide bonds. The molecule has 0 aliphatic heterocycles. The summed E-state index contributed by atoms with van der Waals surface area (Å²) in [5, 5.41) is 3.04. The lowest BCUT2D eigenvalue weighted by molar-refractivity contribution is -0.140. The molecule has 0 saturated heterocycles. The Labute approximate surface area is 250 Å². The highest BCUT2D eigenvalue weighted by atomic mass is 32.2. The molecule has 3 aromatic rings. The molecule has 0 unspecified atom stereocenters. The number of hydrogen-bond acceptors (Lipinski definition) is 4. The van der Waals surface area contributed by atoms with E-state index in [1.807, 2.05) is 31.2 Å². The van der Waals surface area contributed by atoms with Crippen molar-refractivity contribution in [1.29, 1.82) is 0 Å². The Balaban J connectivity index is 1.74. The predicted octanol–water partition coefficient (Wildman–Crippen LogP) is 6.08. The van der Waals surface area contributed by atoms with Gasteiger partial charge in [0.05, 0.1) is 16.1 Å². The highest BCUT2D eigenvalue weighted by Crippen LogP contribution is 2.33. The molecule has 1 aliphatic rings. The van der Waals surface area contributed by atoms with E-state index in [1.54, 1.807) is 13.0 Å². The van der Waals surface area contributed by atoms with Crippen LogP contribution in [0.3, 0.4) is 0 Å². The van der Waals surface area contributed by atoms with Gasteiger partial charge in [0, 0.05) is 12.6 Å². The van der Waals surface area contributed by atoms with E-state index >= 15 is 0 Å². The molecule has 0 heterocycles. The Bertz CT molecular complexity index is 1510. The molecule has 1 fully saturated rings. The first-order chi connectivity index (χ1) is 20.4. The summed E-state index contributed by atoms with van der Waals surface area (Å²) in [5.41, 5.74) is 0.357. The van der Waals surface area contributed by atoms with Gasteiger partial charge in [-0.3, -0.25) is 13.9 Å². The van der Waals surface area contributed by atoms with Crippen LogP contribution in [0.4, 0.5) is 18.9 Å². The van der Waals surface area contributed by atoms with Crippen LogP contribution in [0.15, 0.2) is 83.8 Å². The van der Waals surface area contributed by atoms with Crippen molar-refractivity contribution >= 4 is 27.5 Å². The van der Waals surface area contributed by atoms with E-state index in [2.05, 4.69) is 5.32 Å². The maximum atomic E-state index is 14.1. The molecular weight excluding hydrogens is 579 g/mol. The number of sulfonamides is 1. The minimum atomic E-state index is -4.73. The second kappa shape index (κ2) is 13.6. The maximum absolute atomic E-state index is 14.1. The molecule has 1 aliphatic carbocycles. The van der Waals surface area contributed by atoms with Gasteiger partial charge in [0.25, 0.3) is 10.0 Å². The number of nitrogens with one attached hydrogen (secondary N) is 1. The van der Waals surface area contributed by atoms with Gasteiger partial charge < -0.3 is 10.2 Å². The standard InChI is InChI=1S/C32H36F3N3O4S/c1-3-29(31(40)36-26-11-7-8-12-26)37(21-24-18-16-23(2)17-19-24)30(39)22-38(43(41,42)28-14-5-4-6-15-28)27-13-9-10-25(20-27)32(33,34)35/h4-6,9-10,13-20,26,29H,3,7-8,11-12,21-22H2,1-2H3,(H,36,40)/t29-/m1/s1. The van der Waals surface area contributed by atoms with Crippen LogP contribution in [-0.2, 0) is 32.3 Å². The first-order valence-electron chi connectivity index (χ1n) is 14.3. The molecule has 1 N–H and O–H groups in total.